The van der Waals surface area contributed by atoms with Crippen molar-refractivity contribution in [3.8, 4) is 5.75 Å². The van der Waals surface area contributed by atoms with Gasteiger partial charge < -0.3 is 15.4 Å². The van der Waals surface area contributed by atoms with Gasteiger partial charge in [0.1, 0.15) is 11.6 Å². The number of nitrogens with zero attached hydrogens (tertiary/aromatic N) is 1. The number of carbonyl (C=O) groups is 2. The van der Waals surface area contributed by atoms with Crippen LogP contribution in [0.25, 0.3) is 0 Å². The smallest absolute Gasteiger partial charge is 0.387 e. The number of rotatable bonds is 6. The first-order valence-corrected chi connectivity index (χ1v) is 6.99. The second-order valence-corrected chi connectivity index (χ2v) is 4.86. The number of ether oxygens (including phenoxy) is 1. The van der Waals surface area contributed by atoms with Gasteiger partial charge in [0.05, 0.1) is 6.54 Å². The highest BCUT2D eigenvalue weighted by atomic mass is 19.3. The van der Waals surface area contributed by atoms with Crippen LogP contribution in [-0.4, -0.2) is 30.0 Å². The summed E-state index contributed by atoms with van der Waals surface area (Å²) in [6, 6.07) is 8.77. The first kappa shape index (κ1) is 17.3. The molecule has 0 fully saturated rings. The van der Waals surface area contributed by atoms with Crippen LogP contribution in [0.1, 0.15) is 15.9 Å². The highest BCUT2D eigenvalue weighted by molar-refractivity contribution is 5.99. The lowest BCUT2D eigenvalue weighted by Crippen LogP contribution is -2.33. The normalized spacial score (nSPS) is 10.3. The third kappa shape index (κ3) is 5.31. The van der Waals surface area contributed by atoms with Crippen molar-refractivity contribution in [1.82, 2.24) is 10.3 Å². The van der Waals surface area contributed by atoms with E-state index < -0.39 is 18.4 Å². The van der Waals surface area contributed by atoms with Crippen LogP contribution < -0.4 is 15.4 Å². The summed E-state index contributed by atoms with van der Waals surface area (Å²) in [5.74, 6) is -0.795. The van der Waals surface area contributed by atoms with Crippen LogP contribution in [0.5, 0.6) is 5.75 Å². The summed E-state index contributed by atoms with van der Waals surface area (Å²) >= 11 is 0. The molecule has 2 aromatic rings. The molecule has 0 unspecified atom stereocenters. The second-order valence-electron chi connectivity index (χ2n) is 4.86. The van der Waals surface area contributed by atoms with E-state index in [1.165, 1.54) is 24.3 Å². The molecule has 0 spiro atoms. The second kappa shape index (κ2) is 8.00. The zero-order chi connectivity index (χ0) is 17.5. The summed E-state index contributed by atoms with van der Waals surface area (Å²) in [6.07, 6.45) is 1.55. The van der Waals surface area contributed by atoms with Crippen LogP contribution in [-0.2, 0) is 4.79 Å². The standard InChI is InChI=1S/C16H15F2N3O3/c1-10-5-6-19-13(7-10)21-14(22)9-20-15(23)11-3-2-4-12(8-11)24-16(17)18/h2-8,16H,9H2,1H3,(H,20,23)(H,19,21,22). The number of hydrogen-bond acceptors (Lipinski definition) is 4. The summed E-state index contributed by atoms with van der Waals surface area (Å²) in [5.41, 5.74) is 1.04. The number of aromatic nitrogens is 1. The Morgan fingerprint density at radius 3 is 2.75 bits per heavy atom. The third-order valence-corrected chi connectivity index (χ3v) is 2.91. The summed E-state index contributed by atoms with van der Waals surface area (Å²) in [5, 5.41) is 4.93. The minimum Gasteiger partial charge on any atom is -0.435 e. The number of amides is 2. The largest absolute Gasteiger partial charge is 0.435 e. The highest BCUT2D eigenvalue weighted by Crippen LogP contribution is 2.15. The van der Waals surface area contributed by atoms with Crippen LogP contribution in [0.2, 0.25) is 0 Å². The fourth-order valence-corrected chi connectivity index (χ4v) is 1.87. The maximum atomic E-state index is 12.2. The summed E-state index contributed by atoms with van der Waals surface area (Å²) in [7, 11) is 0. The third-order valence-electron chi connectivity index (χ3n) is 2.91. The minimum absolute atomic E-state index is 0.106. The maximum absolute atomic E-state index is 12.2. The minimum atomic E-state index is -2.98. The predicted molar refractivity (Wildman–Crippen MR) is 83.0 cm³/mol. The number of nitrogens with one attached hydrogen (secondary N) is 2. The highest BCUT2D eigenvalue weighted by Gasteiger charge is 2.11. The molecule has 1 aromatic carbocycles. The van der Waals surface area contributed by atoms with E-state index in [-0.39, 0.29) is 17.9 Å². The van der Waals surface area contributed by atoms with Crippen LogP contribution >= 0.6 is 0 Å². The lowest BCUT2D eigenvalue weighted by molar-refractivity contribution is -0.115. The molecule has 1 heterocycles. The van der Waals surface area contributed by atoms with E-state index >= 15 is 0 Å². The molecule has 0 saturated heterocycles. The van der Waals surface area contributed by atoms with Gasteiger partial charge in [0.25, 0.3) is 5.91 Å². The van der Waals surface area contributed by atoms with E-state index in [0.29, 0.717) is 5.82 Å². The van der Waals surface area contributed by atoms with Crippen molar-refractivity contribution in [2.75, 3.05) is 11.9 Å². The van der Waals surface area contributed by atoms with Crippen LogP contribution in [0.4, 0.5) is 14.6 Å². The van der Waals surface area contributed by atoms with Gasteiger partial charge in [0.15, 0.2) is 0 Å². The van der Waals surface area contributed by atoms with Crippen molar-refractivity contribution < 1.29 is 23.1 Å². The molecule has 1 aromatic heterocycles. The maximum Gasteiger partial charge on any atom is 0.387 e. The molecule has 0 bridgehead atoms. The zero-order valence-electron chi connectivity index (χ0n) is 12.8. The molecule has 0 aliphatic heterocycles. The predicted octanol–water partition coefficient (Wildman–Crippen LogP) is 2.36. The molecule has 2 amide bonds. The number of aryl methyl sites for hydroxylation is 1. The van der Waals surface area contributed by atoms with Crippen molar-refractivity contribution >= 4 is 17.6 Å². The Morgan fingerprint density at radius 2 is 2.04 bits per heavy atom. The molecule has 0 atom stereocenters. The molecular formula is C16H15F2N3O3. The average Bonchev–Trinajstić information content (AvgIpc) is 2.52. The van der Waals surface area contributed by atoms with Gasteiger partial charge in [-0.25, -0.2) is 4.98 Å². The molecular weight excluding hydrogens is 320 g/mol. The van der Waals surface area contributed by atoms with Gasteiger partial charge in [-0.2, -0.15) is 8.78 Å². The monoisotopic (exact) mass is 335 g/mol. The SMILES string of the molecule is Cc1ccnc(NC(=O)CNC(=O)c2cccc(OC(F)F)c2)c1. The Morgan fingerprint density at radius 1 is 1.25 bits per heavy atom. The number of pyridine rings is 1. The van der Waals surface area contributed by atoms with E-state index in [4.69, 9.17) is 0 Å². The van der Waals surface area contributed by atoms with E-state index in [9.17, 15) is 18.4 Å². The fourth-order valence-electron chi connectivity index (χ4n) is 1.87. The van der Waals surface area contributed by atoms with Gasteiger partial charge in [-0.3, -0.25) is 9.59 Å². The van der Waals surface area contributed by atoms with Crippen LogP contribution in [0.15, 0.2) is 42.6 Å². The average molecular weight is 335 g/mol. The number of hydrogen-bond donors (Lipinski definition) is 2. The summed E-state index contributed by atoms with van der Waals surface area (Å²) in [4.78, 5) is 27.7. The van der Waals surface area contributed by atoms with Crippen molar-refractivity contribution in [2.45, 2.75) is 13.5 Å². The molecule has 0 saturated carbocycles. The molecule has 2 rings (SSSR count). The number of anilines is 1. The van der Waals surface area contributed by atoms with Crippen molar-refractivity contribution in [3.63, 3.8) is 0 Å². The number of benzene rings is 1. The Balaban J connectivity index is 1.89. The Bertz CT molecular complexity index is 738. The fraction of sp³-hybridized carbons (Fsp3) is 0.188. The molecule has 6 nitrogen and oxygen atoms in total. The number of carbonyl (C=O) groups excluding carboxylic acids is 2. The molecule has 2 N–H and O–H groups in total. The van der Waals surface area contributed by atoms with Gasteiger partial charge in [-0.15, -0.1) is 0 Å². The van der Waals surface area contributed by atoms with Gasteiger partial charge in [-0.05, 0) is 42.8 Å². The number of halogens is 2. The Labute approximate surface area is 136 Å². The lowest BCUT2D eigenvalue weighted by atomic mass is 10.2. The topological polar surface area (TPSA) is 80.3 Å². The van der Waals surface area contributed by atoms with Crippen LogP contribution in [0, 0.1) is 6.92 Å². The van der Waals surface area contributed by atoms with Crippen molar-refractivity contribution in [3.05, 3.63) is 53.7 Å². The summed E-state index contributed by atoms with van der Waals surface area (Å²) in [6.45, 7) is -1.40. The van der Waals surface area contributed by atoms with Gasteiger partial charge in [-0.1, -0.05) is 6.07 Å². The van der Waals surface area contributed by atoms with E-state index in [1.807, 2.05) is 6.92 Å². The first-order valence-electron chi connectivity index (χ1n) is 6.99. The quantitative estimate of drug-likeness (QED) is 0.849. The number of alkyl halides is 2. The van der Waals surface area contributed by atoms with Gasteiger partial charge in [0.2, 0.25) is 5.91 Å². The Hall–Kier alpha value is -3.03. The molecule has 0 aliphatic carbocycles. The molecule has 0 radical (unpaired) electrons. The van der Waals surface area contributed by atoms with E-state index in [1.54, 1.807) is 18.3 Å². The van der Waals surface area contributed by atoms with E-state index in [0.717, 1.165) is 5.56 Å². The van der Waals surface area contributed by atoms with E-state index in [2.05, 4.69) is 20.4 Å². The van der Waals surface area contributed by atoms with Gasteiger partial charge >= 0.3 is 6.61 Å². The van der Waals surface area contributed by atoms with Gasteiger partial charge in [0, 0.05) is 11.8 Å². The zero-order valence-corrected chi connectivity index (χ0v) is 12.8. The van der Waals surface area contributed by atoms with Crippen molar-refractivity contribution in [2.24, 2.45) is 0 Å². The lowest BCUT2D eigenvalue weighted by Gasteiger charge is -2.08. The summed E-state index contributed by atoms with van der Waals surface area (Å²) < 4.78 is 28.5. The molecule has 8 heteroatoms. The van der Waals surface area contributed by atoms with Crippen LogP contribution in [0.3, 0.4) is 0 Å². The molecule has 0 aliphatic rings. The molecule has 126 valence electrons. The Kier molecular flexibility index (Phi) is 5.78. The first-order chi connectivity index (χ1) is 11.4. The van der Waals surface area contributed by atoms with Crippen molar-refractivity contribution in [1.29, 1.82) is 0 Å². The molecule has 24 heavy (non-hydrogen) atoms.